The van der Waals surface area contributed by atoms with E-state index in [1.54, 1.807) is 0 Å². The molecule has 1 atom stereocenters. The minimum atomic E-state index is -1.34. The van der Waals surface area contributed by atoms with Crippen molar-refractivity contribution in [1.82, 2.24) is 0 Å². The lowest BCUT2D eigenvalue weighted by Crippen LogP contribution is -2.04. The number of rotatable bonds is 4. The Morgan fingerprint density at radius 3 is 2.67 bits per heavy atom. The molecule has 2 nitrogen and oxygen atoms in total. The Balaban J connectivity index is 3.37. The molecule has 0 saturated heterocycles. The standard InChI is InChI=1S/C6H9FO2/c1-5(6(7)9)3-2-4-8/h4-5H,2-3H2,1H3. The third-order valence-corrected chi connectivity index (χ3v) is 1.10. The Morgan fingerprint density at radius 1 is 1.78 bits per heavy atom. The molecule has 0 radical (unpaired) electrons. The van der Waals surface area contributed by atoms with E-state index in [0.717, 1.165) is 0 Å². The lowest BCUT2D eigenvalue weighted by atomic mass is 10.1. The van der Waals surface area contributed by atoms with Crippen LogP contribution in [0.25, 0.3) is 0 Å². The number of hydrogen-bond acceptors (Lipinski definition) is 2. The van der Waals surface area contributed by atoms with Gasteiger partial charge >= 0.3 is 6.04 Å². The zero-order valence-electron chi connectivity index (χ0n) is 5.26. The second-order valence-corrected chi connectivity index (χ2v) is 1.95. The molecule has 0 aromatic rings. The van der Waals surface area contributed by atoms with Gasteiger partial charge in [0, 0.05) is 12.3 Å². The molecule has 1 unspecified atom stereocenters. The van der Waals surface area contributed by atoms with E-state index in [4.69, 9.17) is 0 Å². The Hall–Kier alpha value is -0.730. The number of carbonyl (C=O) groups is 2. The van der Waals surface area contributed by atoms with Gasteiger partial charge in [-0.15, -0.1) is 0 Å². The fraction of sp³-hybridized carbons (Fsp3) is 0.667. The minimum Gasteiger partial charge on any atom is -0.303 e. The van der Waals surface area contributed by atoms with E-state index in [2.05, 4.69) is 0 Å². The molecule has 0 aromatic heterocycles. The highest BCUT2D eigenvalue weighted by molar-refractivity contribution is 5.70. The van der Waals surface area contributed by atoms with Crippen molar-refractivity contribution in [3.05, 3.63) is 0 Å². The molecule has 3 heteroatoms. The number of carbonyl (C=O) groups excluding carboxylic acids is 2. The van der Waals surface area contributed by atoms with Crippen LogP contribution in [0.15, 0.2) is 0 Å². The van der Waals surface area contributed by atoms with Crippen molar-refractivity contribution in [1.29, 1.82) is 0 Å². The van der Waals surface area contributed by atoms with E-state index >= 15 is 0 Å². The fourth-order valence-electron chi connectivity index (χ4n) is 0.432. The molecule has 0 aliphatic heterocycles. The Morgan fingerprint density at radius 2 is 2.33 bits per heavy atom. The van der Waals surface area contributed by atoms with Gasteiger partial charge < -0.3 is 4.79 Å². The number of hydrogen-bond donors (Lipinski definition) is 0. The molecule has 0 spiro atoms. The van der Waals surface area contributed by atoms with E-state index in [0.29, 0.717) is 12.7 Å². The maximum absolute atomic E-state index is 11.7. The Kier molecular flexibility index (Phi) is 3.84. The lowest BCUT2D eigenvalue weighted by molar-refractivity contribution is -0.133. The van der Waals surface area contributed by atoms with Crippen molar-refractivity contribution in [2.75, 3.05) is 0 Å². The third kappa shape index (κ3) is 3.82. The van der Waals surface area contributed by atoms with Gasteiger partial charge in [-0.3, -0.25) is 4.79 Å². The molecule has 0 amide bonds. The molecule has 0 saturated carbocycles. The van der Waals surface area contributed by atoms with Crippen LogP contribution in [-0.4, -0.2) is 12.3 Å². The number of aldehydes is 1. The second-order valence-electron chi connectivity index (χ2n) is 1.95. The summed E-state index contributed by atoms with van der Waals surface area (Å²) in [6.45, 7) is 1.46. The summed E-state index contributed by atoms with van der Waals surface area (Å²) in [7, 11) is 0. The van der Waals surface area contributed by atoms with Gasteiger partial charge in [-0.2, -0.15) is 4.39 Å². The summed E-state index contributed by atoms with van der Waals surface area (Å²) in [5.74, 6) is -0.616. The molecule has 0 aromatic carbocycles. The summed E-state index contributed by atoms with van der Waals surface area (Å²) >= 11 is 0. The first-order valence-corrected chi connectivity index (χ1v) is 2.81. The monoisotopic (exact) mass is 132 g/mol. The van der Waals surface area contributed by atoms with Gasteiger partial charge in [0.25, 0.3) is 0 Å². The van der Waals surface area contributed by atoms with Gasteiger partial charge in [0.15, 0.2) is 0 Å². The van der Waals surface area contributed by atoms with Gasteiger partial charge in [0.05, 0.1) is 0 Å². The fourth-order valence-corrected chi connectivity index (χ4v) is 0.432. The maximum atomic E-state index is 11.7. The van der Waals surface area contributed by atoms with Crippen LogP contribution in [-0.2, 0) is 9.59 Å². The van der Waals surface area contributed by atoms with Crippen molar-refractivity contribution in [3.8, 4) is 0 Å². The zero-order chi connectivity index (χ0) is 7.28. The summed E-state index contributed by atoms with van der Waals surface area (Å²) in [6, 6.07) is -1.34. The van der Waals surface area contributed by atoms with Crippen molar-refractivity contribution >= 4 is 12.3 Å². The second kappa shape index (κ2) is 4.18. The first kappa shape index (κ1) is 8.27. The van der Waals surface area contributed by atoms with Crippen LogP contribution in [0.1, 0.15) is 19.8 Å². The first-order chi connectivity index (χ1) is 4.18. The van der Waals surface area contributed by atoms with E-state index in [1.165, 1.54) is 6.92 Å². The van der Waals surface area contributed by atoms with Crippen LogP contribution in [0.5, 0.6) is 0 Å². The molecule has 0 N–H and O–H groups in total. The molecule has 0 rings (SSSR count). The predicted octanol–water partition coefficient (Wildman–Crippen LogP) is 1.10. The van der Waals surface area contributed by atoms with Gasteiger partial charge in [0.2, 0.25) is 0 Å². The van der Waals surface area contributed by atoms with E-state index in [-0.39, 0.29) is 6.42 Å². The van der Waals surface area contributed by atoms with Gasteiger partial charge in [-0.25, -0.2) is 0 Å². The van der Waals surface area contributed by atoms with Crippen molar-refractivity contribution in [2.24, 2.45) is 5.92 Å². The molecular formula is C6H9FO2. The molecule has 52 valence electrons. The highest BCUT2D eigenvalue weighted by Crippen LogP contribution is 2.05. The van der Waals surface area contributed by atoms with Crippen LogP contribution >= 0.6 is 0 Å². The average molecular weight is 132 g/mol. The van der Waals surface area contributed by atoms with Crippen LogP contribution in [0, 0.1) is 5.92 Å². The van der Waals surface area contributed by atoms with Crippen molar-refractivity contribution in [3.63, 3.8) is 0 Å². The molecule has 0 bridgehead atoms. The van der Waals surface area contributed by atoms with E-state index in [1.807, 2.05) is 0 Å². The first-order valence-electron chi connectivity index (χ1n) is 2.81. The van der Waals surface area contributed by atoms with E-state index < -0.39 is 12.0 Å². The quantitative estimate of drug-likeness (QED) is 0.424. The van der Waals surface area contributed by atoms with Crippen LogP contribution in [0.2, 0.25) is 0 Å². The van der Waals surface area contributed by atoms with Crippen LogP contribution in [0.3, 0.4) is 0 Å². The maximum Gasteiger partial charge on any atom is 0.304 e. The Bertz CT molecular complexity index is 112. The SMILES string of the molecule is CC(CCC=O)C(=O)F. The minimum absolute atomic E-state index is 0.261. The largest absolute Gasteiger partial charge is 0.304 e. The van der Waals surface area contributed by atoms with Gasteiger partial charge in [-0.05, 0) is 6.42 Å². The van der Waals surface area contributed by atoms with Crippen LogP contribution < -0.4 is 0 Å². The summed E-state index contributed by atoms with van der Waals surface area (Å²) < 4.78 is 11.7. The molecule has 0 heterocycles. The molecular weight excluding hydrogens is 123 g/mol. The topological polar surface area (TPSA) is 34.1 Å². The molecule has 0 aliphatic rings. The lowest BCUT2D eigenvalue weighted by Gasteiger charge is -1.97. The van der Waals surface area contributed by atoms with E-state index in [9.17, 15) is 14.0 Å². The summed E-state index contributed by atoms with van der Waals surface area (Å²) in [5.41, 5.74) is 0. The smallest absolute Gasteiger partial charge is 0.303 e. The van der Waals surface area contributed by atoms with Gasteiger partial charge in [0.1, 0.15) is 6.29 Å². The normalized spacial score (nSPS) is 12.7. The zero-order valence-corrected chi connectivity index (χ0v) is 5.26. The molecule has 0 aliphatic carbocycles. The third-order valence-electron chi connectivity index (χ3n) is 1.10. The Labute approximate surface area is 53.1 Å². The number of halogens is 1. The highest BCUT2D eigenvalue weighted by Gasteiger charge is 2.09. The highest BCUT2D eigenvalue weighted by atomic mass is 19.1. The van der Waals surface area contributed by atoms with Crippen LogP contribution in [0.4, 0.5) is 4.39 Å². The molecule has 0 fully saturated rings. The predicted molar refractivity (Wildman–Crippen MR) is 30.6 cm³/mol. The van der Waals surface area contributed by atoms with Crippen molar-refractivity contribution in [2.45, 2.75) is 19.8 Å². The van der Waals surface area contributed by atoms with Crippen molar-refractivity contribution < 1.29 is 14.0 Å². The summed E-state index contributed by atoms with van der Waals surface area (Å²) in [5, 5.41) is 0. The summed E-state index contributed by atoms with van der Waals surface area (Å²) in [6.07, 6.45) is 1.26. The molecule has 9 heavy (non-hydrogen) atoms. The summed E-state index contributed by atoms with van der Waals surface area (Å²) in [4.78, 5) is 19.6. The average Bonchev–Trinajstić information content (AvgIpc) is 1.82. The van der Waals surface area contributed by atoms with Gasteiger partial charge in [-0.1, -0.05) is 6.92 Å².